The van der Waals surface area contributed by atoms with Crippen molar-refractivity contribution in [1.29, 1.82) is 0 Å². The van der Waals surface area contributed by atoms with Crippen LogP contribution in [0.2, 0.25) is 0 Å². The van der Waals surface area contributed by atoms with Crippen LogP contribution in [0.15, 0.2) is 26.6 Å². The molecule has 2 heterocycles. The quantitative estimate of drug-likeness (QED) is 0.826. The van der Waals surface area contributed by atoms with E-state index in [9.17, 15) is 0 Å². The van der Waals surface area contributed by atoms with E-state index in [2.05, 4.69) is 68.3 Å². The van der Waals surface area contributed by atoms with E-state index < -0.39 is 0 Å². The largest absolute Gasteiger partial charge is 0.305 e. The Bertz CT molecular complexity index is 521. The van der Waals surface area contributed by atoms with Crippen molar-refractivity contribution in [2.75, 3.05) is 6.54 Å². The molecular formula is C12H15Br2N3S. The Balaban J connectivity index is 2.43. The highest BCUT2D eigenvalue weighted by Gasteiger charge is 2.22. The zero-order valence-corrected chi connectivity index (χ0v) is 14.3. The lowest BCUT2D eigenvalue weighted by Gasteiger charge is -2.18. The van der Waals surface area contributed by atoms with E-state index in [-0.39, 0.29) is 6.04 Å². The molecule has 6 heteroatoms. The summed E-state index contributed by atoms with van der Waals surface area (Å²) in [5, 5.41) is 7.92. The van der Waals surface area contributed by atoms with Gasteiger partial charge in [-0.2, -0.15) is 5.10 Å². The second-order valence-electron chi connectivity index (χ2n) is 3.83. The number of hydrogen-bond donors (Lipinski definition) is 1. The van der Waals surface area contributed by atoms with Gasteiger partial charge in [0.15, 0.2) is 0 Å². The van der Waals surface area contributed by atoms with Crippen LogP contribution < -0.4 is 5.32 Å². The topological polar surface area (TPSA) is 29.9 Å². The summed E-state index contributed by atoms with van der Waals surface area (Å²) >= 11 is 8.88. The minimum atomic E-state index is 0.183. The van der Waals surface area contributed by atoms with Crippen LogP contribution in [0.25, 0.3) is 0 Å². The standard InChI is InChI=1S/C12H15Br2N3S/c1-3-15-11(9-5-6-10(14)18-9)12-8(13)7-16-17(12)4-2/h5-7,11,15H,3-4H2,1-2H3. The first-order chi connectivity index (χ1) is 8.67. The number of hydrogen-bond acceptors (Lipinski definition) is 3. The predicted molar refractivity (Wildman–Crippen MR) is 83.1 cm³/mol. The lowest BCUT2D eigenvalue weighted by molar-refractivity contribution is 0.545. The molecule has 0 spiro atoms. The summed E-state index contributed by atoms with van der Waals surface area (Å²) in [5.74, 6) is 0. The van der Waals surface area contributed by atoms with Crippen LogP contribution in [0, 0.1) is 0 Å². The predicted octanol–water partition coefficient (Wildman–Crippen LogP) is 4.19. The van der Waals surface area contributed by atoms with Gasteiger partial charge in [0, 0.05) is 11.4 Å². The lowest BCUT2D eigenvalue weighted by atomic mass is 10.1. The molecule has 0 aliphatic rings. The fourth-order valence-corrected chi connectivity index (χ4v) is 3.96. The number of halogens is 2. The van der Waals surface area contributed by atoms with Crippen LogP contribution >= 0.6 is 43.2 Å². The van der Waals surface area contributed by atoms with Gasteiger partial charge < -0.3 is 5.32 Å². The molecule has 1 N–H and O–H groups in total. The first kappa shape index (κ1) is 14.2. The lowest BCUT2D eigenvalue weighted by Crippen LogP contribution is -2.24. The van der Waals surface area contributed by atoms with E-state index >= 15 is 0 Å². The zero-order chi connectivity index (χ0) is 13.1. The van der Waals surface area contributed by atoms with Crippen LogP contribution in [0.4, 0.5) is 0 Å². The maximum Gasteiger partial charge on any atom is 0.0853 e. The van der Waals surface area contributed by atoms with Gasteiger partial charge in [0.25, 0.3) is 0 Å². The smallest absolute Gasteiger partial charge is 0.0853 e. The van der Waals surface area contributed by atoms with Gasteiger partial charge in [-0.3, -0.25) is 4.68 Å². The van der Waals surface area contributed by atoms with Gasteiger partial charge >= 0.3 is 0 Å². The van der Waals surface area contributed by atoms with E-state index in [0.29, 0.717) is 0 Å². The Hall–Kier alpha value is -0.170. The van der Waals surface area contributed by atoms with E-state index in [4.69, 9.17) is 0 Å². The second-order valence-corrected chi connectivity index (χ2v) is 7.18. The Morgan fingerprint density at radius 2 is 2.17 bits per heavy atom. The molecular weight excluding hydrogens is 378 g/mol. The third-order valence-corrected chi connectivity index (χ3v) is 4.99. The molecule has 2 rings (SSSR count). The molecule has 1 atom stereocenters. The second kappa shape index (κ2) is 6.32. The fourth-order valence-electron chi connectivity index (χ4n) is 1.93. The van der Waals surface area contributed by atoms with Gasteiger partial charge in [-0.1, -0.05) is 6.92 Å². The van der Waals surface area contributed by atoms with E-state index in [1.54, 1.807) is 11.3 Å². The molecule has 98 valence electrons. The number of rotatable bonds is 5. The summed E-state index contributed by atoms with van der Waals surface area (Å²) in [5.41, 5.74) is 1.19. The molecule has 0 radical (unpaired) electrons. The van der Waals surface area contributed by atoms with Crippen molar-refractivity contribution in [3.05, 3.63) is 37.2 Å². The van der Waals surface area contributed by atoms with Gasteiger partial charge in [-0.25, -0.2) is 0 Å². The number of nitrogens with zero attached hydrogens (tertiary/aromatic N) is 2. The van der Waals surface area contributed by atoms with Crippen LogP contribution in [-0.4, -0.2) is 16.3 Å². The van der Waals surface area contributed by atoms with Crippen molar-refractivity contribution in [3.8, 4) is 0 Å². The molecule has 0 aromatic carbocycles. The molecule has 0 aliphatic heterocycles. The summed E-state index contributed by atoms with van der Waals surface area (Å²) in [7, 11) is 0. The van der Waals surface area contributed by atoms with Gasteiger partial charge in [0.2, 0.25) is 0 Å². The number of nitrogens with one attached hydrogen (secondary N) is 1. The van der Waals surface area contributed by atoms with Gasteiger partial charge in [0.05, 0.1) is 26.2 Å². The van der Waals surface area contributed by atoms with Crippen molar-refractivity contribution in [2.45, 2.75) is 26.4 Å². The third-order valence-electron chi connectivity index (χ3n) is 2.69. The van der Waals surface area contributed by atoms with E-state index in [1.807, 2.05) is 10.9 Å². The molecule has 0 saturated heterocycles. The van der Waals surface area contributed by atoms with E-state index in [0.717, 1.165) is 21.3 Å². The molecule has 2 aromatic rings. The molecule has 0 saturated carbocycles. The van der Waals surface area contributed by atoms with Gasteiger partial charge in [-0.05, 0) is 57.5 Å². The van der Waals surface area contributed by atoms with Gasteiger partial charge in [0.1, 0.15) is 0 Å². The Kier molecular flexibility index (Phi) is 5.00. The zero-order valence-electron chi connectivity index (χ0n) is 10.3. The molecule has 0 amide bonds. The van der Waals surface area contributed by atoms with Crippen molar-refractivity contribution in [2.24, 2.45) is 0 Å². The molecule has 0 bridgehead atoms. The molecule has 2 aromatic heterocycles. The van der Waals surface area contributed by atoms with Crippen molar-refractivity contribution < 1.29 is 0 Å². The summed E-state index contributed by atoms with van der Waals surface area (Å²) in [4.78, 5) is 1.29. The van der Waals surface area contributed by atoms with Crippen LogP contribution in [0.5, 0.6) is 0 Å². The highest BCUT2D eigenvalue weighted by Crippen LogP contribution is 2.34. The average molecular weight is 393 g/mol. The molecule has 3 nitrogen and oxygen atoms in total. The Morgan fingerprint density at radius 1 is 1.39 bits per heavy atom. The molecule has 0 fully saturated rings. The molecule has 18 heavy (non-hydrogen) atoms. The van der Waals surface area contributed by atoms with Gasteiger partial charge in [-0.15, -0.1) is 11.3 Å². The number of thiophene rings is 1. The Labute approximate surface area is 128 Å². The first-order valence-corrected chi connectivity index (χ1v) is 8.27. The SMILES string of the molecule is CCNC(c1ccc(Br)s1)c1c(Br)cnn1CC. The molecule has 1 unspecified atom stereocenters. The Morgan fingerprint density at radius 3 is 2.72 bits per heavy atom. The van der Waals surface area contributed by atoms with Crippen LogP contribution in [-0.2, 0) is 6.54 Å². The van der Waals surface area contributed by atoms with E-state index in [1.165, 1.54) is 10.6 Å². The fraction of sp³-hybridized carbons (Fsp3) is 0.417. The van der Waals surface area contributed by atoms with Crippen molar-refractivity contribution in [1.82, 2.24) is 15.1 Å². The number of aryl methyl sites for hydroxylation is 1. The monoisotopic (exact) mass is 391 g/mol. The normalized spacial score (nSPS) is 12.9. The van der Waals surface area contributed by atoms with Crippen molar-refractivity contribution >= 4 is 43.2 Å². The van der Waals surface area contributed by atoms with Crippen molar-refractivity contribution in [3.63, 3.8) is 0 Å². The van der Waals surface area contributed by atoms with Crippen LogP contribution in [0.1, 0.15) is 30.5 Å². The highest BCUT2D eigenvalue weighted by molar-refractivity contribution is 9.11. The third kappa shape index (κ3) is 2.87. The summed E-state index contributed by atoms with van der Waals surface area (Å²) in [6, 6.07) is 4.43. The maximum atomic E-state index is 4.39. The summed E-state index contributed by atoms with van der Waals surface area (Å²) < 4.78 is 4.24. The first-order valence-electron chi connectivity index (χ1n) is 5.87. The summed E-state index contributed by atoms with van der Waals surface area (Å²) in [6.07, 6.45) is 1.87. The minimum absolute atomic E-state index is 0.183. The number of aromatic nitrogens is 2. The minimum Gasteiger partial charge on any atom is -0.305 e. The van der Waals surface area contributed by atoms with Crippen LogP contribution in [0.3, 0.4) is 0 Å². The molecule has 0 aliphatic carbocycles. The average Bonchev–Trinajstić information content (AvgIpc) is 2.93. The summed E-state index contributed by atoms with van der Waals surface area (Å²) in [6.45, 7) is 6.02. The highest BCUT2D eigenvalue weighted by atomic mass is 79.9. The maximum absolute atomic E-state index is 4.39.